The molecule has 0 saturated carbocycles. The lowest BCUT2D eigenvalue weighted by atomic mass is 10.1. The summed E-state index contributed by atoms with van der Waals surface area (Å²) in [7, 11) is 2.73. The molecule has 2 aromatic carbocycles. The van der Waals surface area contributed by atoms with Gasteiger partial charge in [0.05, 0.1) is 38.6 Å². The summed E-state index contributed by atoms with van der Waals surface area (Å²) in [6.07, 6.45) is -0.568. The van der Waals surface area contributed by atoms with Crippen LogP contribution in [0.5, 0.6) is 11.5 Å². The fraction of sp³-hybridized carbons (Fsp3) is 0.485. The van der Waals surface area contributed by atoms with Crippen LogP contribution in [0.15, 0.2) is 36.4 Å². The SMILES string of the molecule is CCOC(=O)c1cccc(C(=O)NCCN(CCNC(=O)OC(C)(C)C)CCNC(=O)c2cccc(C(=O)OCC)c2OC)c1OC. The average molecular weight is 659 g/mol. The minimum absolute atomic E-state index is 0.104. The number of para-hydroxylation sites is 2. The van der Waals surface area contributed by atoms with Gasteiger partial charge in [0.1, 0.15) is 28.2 Å². The maximum absolute atomic E-state index is 13.1. The molecule has 47 heavy (non-hydrogen) atoms. The molecule has 0 aliphatic heterocycles. The fourth-order valence-corrected chi connectivity index (χ4v) is 4.42. The molecular formula is C33H46N4O10. The second kappa shape index (κ2) is 19.0. The van der Waals surface area contributed by atoms with Crippen molar-refractivity contribution in [2.75, 3.05) is 66.7 Å². The van der Waals surface area contributed by atoms with Gasteiger partial charge in [-0.3, -0.25) is 14.5 Å². The Morgan fingerprint density at radius 3 is 1.38 bits per heavy atom. The van der Waals surface area contributed by atoms with Crippen LogP contribution in [0.2, 0.25) is 0 Å². The summed E-state index contributed by atoms with van der Waals surface area (Å²) in [5, 5.41) is 8.36. The molecule has 2 aromatic rings. The molecule has 0 unspecified atom stereocenters. The zero-order chi connectivity index (χ0) is 35.0. The van der Waals surface area contributed by atoms with E-state index in [1.54, 1.807) is 58.9 Å². The van der Waals surface area contributed by atoms with Gasteiger partial charge in [0, 0.05) is 39.3 Å². The standard InChI is InChI=1S/C33H46N4O10/c1-8-45-30(40)24-14-10-12-22(26(24)43-6)28(38)34-16-19-37(21-18-36-32(42)47-33(3,4)5)20-17-35-29(39)23-13-11-15-25(27(23)44-7)31(41)46-9-2/h10-15H,8-9,16-21H2,1-7H3,(H,34,38)(H,35,39)(H,36,42). The van der Waals surface area contributed by atoms with Crippen LogP contribution in [0.1, 0.15) is 76.1 Å². The molecule has 3 N–H and O–H groups in total. The number of esters is 2. The molecule has 0 fully saturated rings. The van der Waals surface area contributed by atoms with Crippen molar-refractivity contribution in [3.8, 4) is 11.5 Å². The van der Waals surface area contributed by atoms with Gasteiger partial charge < -0.3 is 39.6 Å². The van der Waals surface area contributed by atoms with Crippen LogP contribution in [0.25, 0.3) is 0 Å². The van der Waals surface area contributed by atoms with E-state index in [-0.39, 0.29) is 66.6 Å². The number of carbonyl (C=O) groups is 5. The topological polar surface area (TPSA) is 171 Å². The van der Waals surface area contributed by atoms with Gasteiger partial charge in [-0.25, -0.2) is 14.4 Å². The molecule has 0 atom stereocenters. The summed E-state index contributed by atoms with van der Waals surface area (Å²) in [5.41, 5.74) is -0.0470. The van der Waals surface area contributed by atoms with Crippen LogP contribution in [-0.4, -0.2) is 107 Å². The highest BCUT2D eigenvalue weighted by atomic mass is 16.6. The fourth-order valence-electron chi connectivity index (χ4n) is 4.42. The van der Waals surface area contributed by atoms with Crippen molar-refractivity contribution in [1.29, 1.82) is 0 Å². The first kappa shape index (κ1) is 38.3. The van der Waals surface area contributed by atoms with Crippen molar-refractivity contribution >= 4 is 29.8 Å². The molecule has 0 aliphatic rings. The molecule has 14 nitrogen and oxygen atoms in total. The van der Waals surface area contributed by atoms with E-state index in [0.717, 1.165) is 0 Å². The lowest BCUT2D eigenvalue weighted by Gasteiger charge is -2.24. The van der Waals surface area contributed by atoms with E-state index in [1.165, 1.54) is 26.4 Å². The monoisotopic (exact) mass is 658 g/mol. The van der Waals surface area contributed by atoms with Crippen LogP contribution >= 0.6 is 0 Å². The second-order valence-corrected chi connectivity index (χ2v) is 11.0. The predicted molar refractivity (Wildman–Crippen MR) is 173 cm³/mol. The Labute approximate surface area is 275 Å². The molecule has 0 bridgehead atoms. The van der Waals surface area contributed by atoms with Gasteiger partial charge >= 0.3 is 18.0 Å². The molecule has 0 spiro atoms. The van der Waals surface area contributed by atoms with Crippen LogP contribution in [0.4, 0.5) is 4.79 Å². The molecule has 0 saturated heterocycles. The Morgan fingerprint density at radius 1 is 0.638 bits per heavy atom. The number of rotatable bonds is 17. The maximum atomic E-state index is 13.1. The normalized spacial score (nSPS) is 10.9. The summed E-state index contributed by atoms with van der Waals surface area (Å²) in [4.78, 5) is 64.9. The third-order valence-corrected chi connectivity index (χ3v) is 6.44. The van der Waals surface area contributed by atoms with Gasteiger partial charge in [0.15, 0.2) is 0 Å². The third-order valence-electron chi connectivity index (χ3n) is 6.44. The quantitative estimate of drug-likeness (QED) is 0.169. The molecule has 258 valence electrons. The zero-order valence-electron chi connectivity index (χ0n) is 28.2. The predicted octanol–water partition coefficient (Wildman–Crippen LogP) is 3.04. The van der Waals surface area contributed by atoms with Crippen molar-refractivity contribution in [1.82, 2.24) is 20.9 Å². The number of carbonyl (C=O) groups excluding carboxylic acids is 5. The third kappa shape index (κ3) is 12.1. The Morgan fingerprint density at radius 2 is 1.02 bits per heavy atom. The largest absolute Gasteiger partial charge is 0.495 e. The van der Waals surface area contributed by atoms with E-state index in [2.05, 4.69) is 16.0 Å². The number of alkyl carbamates (subject to hydrolysis) is 1. The van der Waals surface area contributed by atoms with Crippen LogP contribution < -0.4 is 25.4 Å². The number of nitrogens with zero attached hydrogens (tertiary/aromatic N) is 1. The summed E-state index contributed by atoms with van der Waals surface area (Å²) in [6, 6.07) is 9.26. The number of hydrogen-bond donors (Lipinski definition) is 3. The lowest BCUT2D eigenvalue weighted by Crippen LogP contribution is -2.43. The van der Waals surface area contributed by atoms with E-state index in [0.29, 0.717) is 19.6 Å². The van der Waals surface area contributed by atoms with E-state index in [1.807, 2.05) is 4.90 Å². The van der Waals surface area contributed by atoms with E-state index in [4.69, 9.17) is 23.7 Å². The van der Waals surface area contributed by atoms with Crippen molar-refractivity contribution in [2.45, 2.75) is 40.2 Å². The number of benzene rings is 2. The summed E-state index contributed by atoms with van der Waals surface area (Å²) in [6.45, 7) is 10.7. The smallest absolute Gasteiger partial charge is 0.407 e. The van der Waals surface area contributed by atoms with Crippen LogP contribution in [-0.2, 0) is 14.2 Å². The van der Waals surface area contributed by atoms with Crippen LogP contribution in [0.3, 0.4) is 0 Å². The first-order chi connectivity index (χ1) is 22.4. The van der Waals surface area contributed by atoms with Gasteiger partial charge in [0.2, 0.25) is 0 Å². The minimum atomic E-state index is -0.657. The van der Waals surface area contributed by atoms with Gasteiger partial charge in [-0.15, -0.1) is 0 Å². The van der Waals surface area contributed by atoms with Gasteiger partial charge in [-0.05, 0) is 58.9 Å². The van der Waals surface area contributed by atoms with Crippen molar-refractivity contribution in [2.24, 2.45) is 0 Å². The summed E-state index contributed by atoms with van der Waals surface area (Å²) >= 11 is 0. The van der Waals surface area contributed by atoms with Gasteiger partial charge in [0.25, 0.3) is 11.8 Å². The highest BCUT2D eigenvalue weighted by molar-refractivity contribution is 6.03. The minimum Gasteiger partial charge on any atom is -0.495 e. The molecule has 14 heteroatoms. The molecule has 2 rings (SSSR count). The first-order valence-corrected chi connectivity index (χ1v) is 15.3. The van der Waals surface area contributed by atoms with E-state index < -0.39 is 35.4 Å². The molecule has 3 amide bonds. The lowest BCUT2D eigenvalue weighted by molar-refractivity contribution is 0.0511. The molecule has 0 heterocycles. The number of hydrogen-bond acceptors (Lipinski definition) is 11. The van der Waals surface area contributed by atoms with Crippen molar-refractivity contribution < 1.29 is 47.7 Å². The highest BCUT2D eigenvalue weighted by Gasteiger charge is 2.23. The van der Waals surface area contributed by atoms with Gasteiger partial charge in [-0.1, -0.05) is 12.1 Å². The van der Waals surface area contributed by atoms with Crippen molar-refractivity contribution in [3.63, 3.8) is 0 Å². The molecular weight excluding hydrogens is 612 g/mol. The number of ether oxygens (including phenoxy) is 5. The summed E-state index contributed by atoms with van der Waals surface area (Å²) in [5.74, 6) is -1.91. The number of nitrogens with one attached hydrogen (secondary N) is 3. The number of amides is 3. The Kier molecular flexibility index (Phi) is 15.5. The molecule has 0 aromatic heterocycles. The van der Waals surface area contributed by atoms with Crippen molar-refractivity contribution in [3.05, 3.63) is 58.7 Å². The number of methoxy groups -OCH3 is 2. The van der Waals surface area contributed by atoms with Gasteiger partial charge in [-0.2, -0.15) is 0 Å². The Bertz CT molecular complexity index is 1300. The second-order valence-electron chi connectivity index (χ2n) is 11.0. The van der Waals surface area contributed by atoms with Crippen LogP contribution in [0, 0.1) is 0 Å². The zero-order valence-corrected chi connectivity index (χ0v) is 28.2. The summed E-state index contributed by atoms with van der Waals surface area (Å²) < 4.78 is 26.2. The maximum Gasteiger partial charge on any atom is 0.407 e. The van der Waals surface area contributed by atoms with E-state index in [9.17, 15) is 24.0 Å². The highest BCUT2D eigenvalue weighted by Crippen LogP contribution is 2.26. The first-order valence-electron chi connectivity index (χ1n) is 15.3. The van der Waals surface area contributed by atoms with E-state index >= 15 is 0 Å². The molecule has 0 radical (unpaired) electrons. The molecule has 0 aliphatic carbocycles. The average Bonchev–Trinajstić information content (AvgIpc) is 3.02. The Balaban J connectivity index is 2.09. The Hall–Kier alpha value is -4.85.